The Labute approximate surface area is 93.2 Å². The highest BCUT2D eigenvalue weighted by Crippen LogP contribution is 1.92. The van der Waals surface area contributed by atoms with Gasteiger partial charge in [0.2, 0.25) is 11.8 Å². The molecule has 1 N–H and O–H groups in total. The third-order valence-electron chi connectivity index (χ3n) is 1.90. The zero-order chi connectivity index (χ0) is 11.0. The van der Waals surface area contributed by atoms with E-state index in [4.69, 9.17) is 0 Å². The van der Waals surface area contributed by atoms with Crippen LogP contribution in [0.15, 0.2) is 0 Å². The summed E-state index contributed by atoms with van der Waals surface area (Å²) in [6.45, 7) is 5.75. The average molecular weight is 265 g/mol. The molecule has 0 aliphatic carbocycles. The molecule has 82 valence electrons. The maximum absolute atomic E-state index is 11.4. The summed E-state index contributed by atoms with van der Waals surface area (Å²) in [7, 11) is 0. The number of hydrogen-bond acceptors (Lipinski definition) is 2. The van der Waals surface area contributed by atoms with Crippen molar-refractivity contribution in [2.24, 2.45) is 0 Å². The molecular weight excluding hydrogens is 248 g/mol. The highest BCUT2D eigenvalue weighted by Gasteiger charge is 2.08. The average Bonchev–Trinajstić information content (AvgIpc) is 2.19. The van der Waals surface area contributed by atoms with Crippen LogP contribution in [0.25, 0.3) is 0 Å². The van der Waals surface area contributed by atoms with Crippen molar-refractivity contribution in [3.8, 4) is 0 Å². The normalized spacial score (nSPS) is 9.64. The zero-order valence-electron chi connectivity index (χ0n) is 8.68. The third kappa shape index (κ3) is 5.21. The molecule has 0 spiro atoms. The molecule has 0 rings (SSSR count). The van der Waals surface area contributed by atoms with Crippen molar-refractivity contribution in [3.63, 3.8) is 0 Å². The molecule has 0 saturated heterocycles. The minimum atomic E-state index is -0.0858. The molecular formula is C9H17BrN2O2. The highest BCUT2D eigenvalue weighted by molar-refractivity contribution is 9.09. The summed E-state index contributed by atoms with van der Waals surface area (Å²) in [5, 5.41) is 2.92. The Morgan fingerprint density at radius 2 is 1.86 bits per heavy atom. The largest absolute Gasteiger partial charge is 0.355 e. The van der Waals surface area contributed by atoms with Crippen LogP contribution in [0.5, 0.6) is 0 Å². The molecule has 0 bridgehead atoms. The number of rotatable bonds is 6. The smallest absolute Gasteiger partial charge is 0.230 e. The van der Waals surface area contributed by atoms with E-state index in [1.165, 1.54) is 0 Å². The van der Waals surface area contributed by atoms with Gasteiger partial charge in [-0.3, -0.25) is 9.59 Å². The predicted molar refractivity (Wildman–Crippen MR) is 59.3 cm³/mol. The topological polar surface area (TPSA) is 49.4 Å². The fraction of sp³-hybridized carbons (Fsp3) is 0.778. The molecule has 14 heavy (non-hydrogen) atoms. The Balaban J connectivity index is 3.67. The minimum Gasteiger partial charge on any atom is -0.355 e. The van der Waals surface area contributed by atoms with Gasteiger partial charge in [-0.25, -0.2) is 0 Å². The van der Waals surface area contributed by atoms with Gasteiger partial charge in [0.1, 0.15) is 0 Å². The van der Waals surface area contributed by atoms with E-state index in [9.17, 15) is 9.59 Å². The van der Waals surface area contributed by atoms with Gasteiger partial charge in [-0.05, 0) is 13.8 Å². The van der Waals surface area contributed by atoms with Gasteiger partial charge in [0, 0.05) is 26.1 Å². The summed E-state index contributed by atoms with van der Waals surface area (Å²) in [6, 6.07) is 0. The van der Waals surface area contributed by atoms with E-state index in [1.54, 1.807) is 4.90 Å². The van der Waals surface area contributed by atoms with Gasteiger partial charge < -0.3 is 10.2 Å². The Hall–Kier alpha value is -0.580. The molecule has 4 nitrogen and oxygen atoms in total. The first kappa shape index (κ1) is 13.4. The van der Waals surface area contributed by atoms with Crippen molar-refractivity contribution in [2.75, 3.05) is 25.0 Å². The number of alkyl halides is 1. The molecule has 0 aliphatic heterocycles. The zero-order valence-corrected chi connectivity index (χ0v) is 10.3. The van der Waals surface area contributed by atoms with Gasteiger partial charge in [-0.1, -0.05) is 15.9 Å². The SMILES string of the molecule is CCN(CC)C(=O)CCNC(=O)CBr. The number of nitrogens with zero attached hydrogens (tertiary/aromatic N) is 1. The summed E-state index contributed by atoms with van der Waals surface area (Å²) in [4.78, 5) is 24.0. The van der Waals surface area contributed by atoms with Crippen LogP contribution < -0.4 is 5.32 Å². The molecule has 0 aromatic carbocycles. The first-order chi connectivity index (χ1) is 6.65. The lowest BCUT2D eigenvalue weighted by Crippen LogP contribution is -2.34. The molecule has 0 aliphatic rings. The van der Waals surface area contributed by atoms with Crippen LogP contribution in [0.3, 0.4) is 0 Å². The van der Waals surface area contributed by atoms with E-state index < -0.39 is 0 Å². The number of hydrogen-bond donors (Lipinski definition) is 1. The van der Waals surface area contributed by atoms with E-state index in [-0.39, 0.29) is 17.1 Å². The van der Waals surface area contributed by atoms with Gasteiger partial charge in [0.25, 0.3) is 0 Å². The molecule has 0 atom stereocenters. The monoisotopic (exact) mass is 264 g/mol. The second-order valence-corrected chi connectivity index (χ2v) is 3.36. The second kappa shape index (κ2) is 7.79. The molecule has 0 aromatic rings. The summed E-state index contributed by atoms with van der Waals surface area (Å²) >= 11 is 3.03. The number of carbonyl (C=O) groups excluding carboxylic acids is 2. The second-order valence-electron chi connectivity index (χ2n) is 2.80. The van der Waals surface area contributed by atoms with Crippen molar-refractivity contribution in [1.82, 2.24) is 10.2 Å². The Kier molecular flexibility index (Phi) is 7.47. The molecule has 0 radical (unpaired) electrons. The first-order valence-corrected chi connectivity index (χ1v) is 5.88. The summed E-state index contributed by atoms with van der Waals surface area (Å²) < 4.78 is 0. The number of nitrogens with one attached hydrogen (secondary N) is 1. The van der Waals surface area contributed by atoms with Crippen molar-refractivity contribution in [1.29, 1.82) is 0 Å². The van der Waals surface area contributed by atoms with Crippen molar-refractivity contribution < 1.29 is 9.59 Å². The minimum absolute atomic E-state index is 0.0858. The maximum Gasteiger partial charge on any atom is 0.230 e. The van der Waals surface area contributed by atoms with E-state index in [0.29, 0.717) is 13.0 Å². The lowest BCUT2D eigenvalue weighted by molar-refractivity contribution is -0.130. The van der Waals surface area contributed by atoms with E-state index >= 15 is 0 Å². The number of carbonyl (C=O) groups is 2. The fourth-order valence-corrected chi connectivity index (χ4v) is 1.29. The third-order valence-corrected chi connectivity index (χ3v) is 2.41. The van der Waals surface area contributed by atoms with Crippen LogP contribution in [-0.4, -0.2) is 41.7 Å². The first-order valence-electron chi connectivity index (χ1n) is 4.76. The molecule has 0 aromatic heterocycles. The van der Waals surface area contributed by atoms with Gasteiger partial charge in [-0.2, -0.15) is 0 Å². The predicted octanol–water partition coefficient (Wildman–Crippen LogP) is 0.756. The van der Waals surface area contributed by atoms with E-state index in [2.05, 4.69) is 21.2 Å². The summed E-state index contributed by atoms with van der Waals surface area (Å²) in [5.41, 5.74) is 0. The van der Waals surface area contributed by atoms with Gasteiger partial charge >= 0.3 is 0 Å². The summed E-state index contributed by atoms with van der Waals surface area (Å²) in [5.74, 6) is 0.00205. The van der Waals surface area contributed by atoms with E-state index in [0.717, 1.165) is 13.1 Å². The van der Waals surface area contributed by atoms with Gasteiger partial charge in [0.15, 0.2) is 0 Å². The lowest BCUT2D eigenvalue weighted by Gasteiger charge is -2.18. The van der Waals surface area contributed by atoms with Crippen LogP contribution in [0, 0.1) is 0 Å². The van der Waals surface area contributed by atoms with E-state index in [1.807, 2.05) is 13.8 Å². The molecule has 0 saturated carbocycles. The fourth-order valence-electron chi connectivity index (χ4n) is 1.09. The molecule has 2 amide bonds. The highest BCUT2D eigenvalue weighted by atomic mass is 79.9. The van der Waals surface area contributed by atoms with Gasteiger partial charge in [0.05, 0.1) is 5.33 Å². The standard InChI is InChI=1S/C9H17BrN2O2/c1-3-12(4-2)9(14)5-6-11-8(13)7-10/h3-7H2,1-2H3,(H,11,13). The van der Waals surface area contributed by atoms with Crippen molar-refractivity contribution in [2.45, 2.75) is 20.3 Å². The molecule has 0 unspecified atom stereocenters. The Morgan fingerprint density at radius 1 is 1.29 bits per heavy atom. The molecule has 0 fully saturated rings. The van der Waals surface area contributed by atoms with Crippen LogP contribution >= 0.6 is 15.9 Å². The number of amides is 2. The van der Waals surface area contributed by atoms with Crippen LogP contribution in [0.4, 0.5) is 0 Å². The van der Waals surface area contributed by atoms with Crippen LogP contribution in [-0.2, 0) is 9.59 Å². The van der Waals surface area contributed by atoms with Crippen LogP contribution in [0.2, 0.25) is 0 Å². The van der Waals surface area contributed by atoms with Crippen molar-refractivity contribution >= 4 is 27.7 Å². The quantitative estimate of drug-likeness (QED) is 0.721. The van der Waals surface area contributed by atoms with Crippen molar-refractivity contribution in [3.05, 3.63) is 0 Å². The lowest BCUT2D eigenvalue weighted by atomic mass is 10.3. The van der Waals surface area contributed by atoms with Gasteiger partial charge in [-0.15, -0.1) is 0 Å². The molecule has 0 heterocycles. The Morgan fingerprint density at radius 3 is 2.29 bits per heavy atom. The summed E-state index contributed by atoms with van der Waals surface area (Å²) in [6.07, 6.45) is 0.375. The number of halogens is 1. The van der Waals surface area contributed by atoms with Crippen LogP contribution in [0.1, 0.15) is 20.3 Å². The maximum atomic E-state index is 11.4. The Bertz CT molecular complexity index is 193. The molecule has 5 heteroatoms.